The number of amides is 1. The van der Waals surface area contributed by atoms with E-state index < -0.39 is 10.0 Å². The fourth-order valence-corrected chi connectivity index (χ4v) is 4.94. The van der Waals surface area contributed by atoms with E-state index in [9.17, 15) is 13.2 Å². The number of nitrogens with zero attached hydrogens (tertiary/aromatic N) is 2. The van der Waals surface area contributed by atoms with Crippen molar-refractivity contribution in [3.8, 4) is 0 Å². The molecule has 0 atom stereocenters. The number of sulfonamides is 1. The zero-order valence-corrected chi connectivity index (χ0v) is 16.3. The molecule has 1 fully saturated rings. The molecule has 1 N–H and O–H groups in total. The average molecular weight is 417 g/mol. The van der Waals surface area contributed by atoms with Gasteiger partial charge in [-0.3, -0.25) is 4.79 Å². The van der Waals surface area contributed by atoms with Gasteiger partial charge in [0.25, 0.3) is 0 Å². The van der Waals surface area contributed by atoms with Crippen LogP contribution in [0.1, 0.15) is 6.42 Å². The topological polar surface area (TPSA) is 69.7 Å². The molecule has 24 heavy (non-hydrogen) atoms. The predicted octanol–water partition coefficient (Wildman–Crippen LogP) is 1.86. The van der Waals surface area contributed by atoms with Crippen molar-refractivity contribution in [2.24, 2.45) is 0 Å². The Hall–Kier alpha value is -0.570. The summed E-state index contributed by atoms with van der Waals surface area (Å²) in [4.78, 5) is 13.6. The van der Waals surface area contributed by atoms with Crippen molar-refractivity contribution < 1.29 is 13.2 Å². The molecule has 1 aliphatic rings. The Bertz CT molecular complexity index is 657. The van der Waals surface area contributed by atoms with E-state index in [1.54, 1.807) is 18.0 Å². The highest BCUT2D eigenvalue weighted by Gasteiger charge is 2.32. The summed E-state index contributed by atoms with van der Waals surface area (Å²) in [6.45, 7) is 1.80. The maximum atomic E-state index is 12.7. The van der Waals surface area contributed by atoms with Gasteiger partial charge in [0.15, 0.2) is 0 Å². The lowest BCUT2D eigenvalue weighted by molar-refractivity contribution is -0.132. The number of hydrogen-bond acceptors (Lipinski definition) is 4. The van der Waals surface area contributed by atoms with Crippen LogP contribution in [-0.4, -0.2) is 63.3 Å². The smallest absolute Gasteiger partial charge is 0.246 e. The molecule has 1 heterocycles. The lowest BCUT2D eigenvalue weighted by Gasteiger charge is -2.34. The van der Waals surface area contributed by atoms with Crippen molar-refractivity contribution in [1.82, 2.24) is 14.5 Å². The fourth-order valence-electron chi connectivity index (χ4n) is 2.43. The minimum absolute atomic E-state index is 0. The molecular weight excluding hydrogens is 397 g/mol. The van der Waals surface area contributed by atoms with Crippen molar-refractivity contribution in [2.45, 2.75) is 11.3 Å². The molecule has 6 nitrogen and oxygen atoms in total. The Labute approximate surface area is 158 Å². The lowest BCUT2D eigenvalue weighted by Crippen LogP contribution is -2.50. The number of rotatable bonds is 5. The summed E-state index contributed by atoms with van der Waals surface area (Å²) >= 11 is 12.0. The molecule has 1 amide bonds. The third-order valence-corrected chi connectivity index (χ3v) is 6.55. The number of piperazine rings is 1. The maximum absolute atomic E-state index is 12.7. The van der Waals surface area contributed by atoms with E-state index in [2.05, 4.69) is 5.32 Å². The van der Waals surface area contributed by atoms with Gasteiger partial charge < -0.3 is 10.2 Å². The highest BCUT2D eigenvalue weighted by molar-refractivity contribution is 7.89. The number of halogens is 3. The number of nitrogens with one attached hydrogen (secondary N) is 1. The van der Waals surface area contributed by atoms with Crippen molar-refractivity contribution in [3.05, 3.63) is 28.2 Å². The summed E-state index contributed by atoms with van der Waals surface area (Å²) < 4.78 is 26.8. The quantitative estimate of drug-likeness (QED) is 0.795. The maximum Gasteiger partial charge on any atom is 0.246 e. The van der Waals surface area contributed by atoms with Crippen LogP contribution in [0.5, 0.6) is 0 Å². The molecule has 0 saturated carbocycles. The van der Waals surface area contributed by atoms with E-state index in [4.69, 9.17) is 23.2 Å². The first-order valence-corrected chi connectivity index (χ1v) is 9.44. The zero-order chi connectivity index (χ0) is 17.0. The van der Waals surface area contributed by atoms with Crippen LogP contribution in [0.3, 0.4) is 0 Å². The number of hydrogen-bond donors (Lipinski definition) is 1. The van der Waals surface area contributed by atoms with Gasteiger partial charge in [0, 0.05) is 39.1 Å². The molecule has 2 rings (SSSR count). The molecule has 136 valence electrons. The largest absolute Gasteiger partial charge is 0.340 e. The van der Waals surface area contributed by atoms with E-state index >= 15 is 0 Å². The van der Waals surface area contributed by atoms with Gasteiger partial charge >= 0.3 is 0 Å². The van der Waals surface area contributed by atoms with Crippen LogP contribution >= 0.6 is 35.6 Å². The summed E-state index contributed by atoms with van der Waals surface area (Å²) in [5.41, 5.74) is 0. The van der Waals surface area contributed by atoms with Crippen molar-refractivity contribution >= 4 is 51.5 Å². The number of carbonyl (C=O) groups excluding carboxylic acids is 1. The summed E-state index contributed by atoms with van der Waals surface area (Å²) in [5, 5.41) is 3.13. The highest BCUT2D eigenvalue weighted by Crippen LogP contribution is 2.31. The minimum atomic E-state index is -3.77. The van der Waals surface area contributed by atoms with Crippen molar-refractivity contribution in [2.75, 3.05) is 39.8 Å². The molecule has 1 aliphatic heterocycles. The normalized spacial score (nSPS) is 15.9. The minimum Gasteiger partial charge on any atom is -0.340 e. The first kappa shape index (κ1) is 21.5. The second kappa shape index (κ2) is 9.22. The Morgan fingerprint density at radius 3 is 2.21 bits per heavy atom. The van der Waals surface area contributed by atoms with Gasteiger partial charge in [0.1, 0.15) is 4.90 Å². The molecule has 1 aromatic carbocycles. The molecule has 0 radical (unpaired) electrons. The van der Waals surface area contributed by atoms with E-state index in [1.807, 2.05) is 0 Å². The van der Waals surface area contributed by atoms with Gasteiger partial charge in [-0.05, 0) is 19.2 Å². The van der Waals surface area contributed by atoms with Crippen LogP contribution in [0.15, 0.2) is 23.1 Å². The van der Waals surface area contributed by atoms with Crippen LogP contribution in [-0.2, 0) is 14.8 Å². The molecular formula is C14H20Cl3N3O3S. The van der Waals surface area contributed by atoms with E-state index in [-0.39, 0.29) is 46.3 Å². The second-order valence-electron chi connectivity index (χ2n) is 5.19. The van der Waals surface area contributed by atoms with Crippen LogP contribution in [0, 0.1) is 0 Å². The fraction of sp³-hybridized carbons (Fsp3) is 0.500. The monoisotopic (exact) mass is 415 g/mol. The van der Waals surface area contributed by atoms with Gasteiger partial charge in [-0.2, -0.15) is 4.31 Å². The number of carbonyl (C=O) groups is 1. The van der Waals surface area contributed by atoms with Gasteiger partial charge in [0.2, 0.25) is 15.9 Å². The van der Waals surface area contributed by atoms with Crippen molar-refractivity contribution in [1.29, 1.82) is 0 Å². The summed E-state index contributed by atoms with van der Waals surface area (Å²) in [6.07, 6.45) is 0.402. The first-order chi connectivity index (χ1) is 10.9. The molecule has 0 unspecified atom stereocenters. The lowest BCUT2D eigenvalue weighted by atomic mass is 10.3. The molecule has 10 heteroatoms. The first-order valence-electron chi connectivity index (χ1n) is 7.24. The molecule has 0 aromatic heterocycles. The van der Waals surface area contributed by atoms with Gasteiger partial charge in [-0.25, -0.2) is 8.42 Å². The highest BCUT2D eigenvalue weighted by atomic mass is 35.5. The Kier molecular flexibility index (Phi) is 8.25. The zero-order valence-electron chi connectivity index (χ0n) is 13.2. The van der Waals surface area contributed by atoms with Crippen LogP contribution in [0.2, 0.25) is 10.0 Å². The third kappa shape index (κ3) is 4.74. The van der Waals surface area contributed by atoms with Crippen LogP contribution < -0.4 is 5.32 Å². The predicted molar refractivity (Wildman–Crippen MR) is 97.6 cm³/mol. The van der Waals surface area contributed by atoms with Gasteiger partial charge in [0.05, 0.1) is 10.0 Å². The molecule has 0 aliphatic carbocycles. The molecule has 0 bridgehead atoms. The number of benzene rings is 1. The SMILES string of the molecule is CNCCC(=O)N1CCN(S(=O)(=O)c2c(Cl)cccc2Cl)CC1.Cl. The van der Waals surface area contributed by atoms with Crippen LogP contribution in [0.4, 0.5) is 0 Å². The van der Waals surface area contributed by atoms with E-state index in [1.165, 1.54) is 16.4 Å². The Morgan fingerprint density at radius 2 is 1.71 bits per heavy atom. The average Bonchev–Trinajstić information content (AvgIpc) is 2.52. The molecule has 0 spiro atoms. The second-order valence-corrected chi connectivity index (χ2v) is 7.88. The van der Waals surface area contributed by atoms with Crippen LogP contribution in [0.25, 0.3) is 0 Å². The summed E-state index contributed by atoms with van der Waals surface area (Å²) in [5.74, 6) is 0.0205. The standard InChI is InChI=1S/C14H19Cl2N3O3S.ClH/c1-17-6-5-13(20)18-7-9-19(10-8-18)23(21,22)14-11(15)3-2-4-12(14)16;/h2-4,17H,5-10H2,1H3;1H. The summed E-state index contributed by atoms with van der Waals surface area (Å²) in [7, 11) is -1.99. The Morgan fingerprint density at radius 1 is 1.17 bits per heavy atom. The van der Waals surface area contributed by atoms with Gasteiger partial charge in [-0.1, -0.05) is 29.3 Å². The molecule has 1 saturated heterocycles. The van der Waals surface area contributed by atoms with E-state index in [0.29, 0.717) is 26.1 Å². The van der Waals surface area contributed by atoms with Crippen molar-refractivity contribution in [3.63, 3.8) is 0 Å². The Balaban J connectivity index is 0.00000288. The molecule has 1 aromatic rings. The summed E-state index contributed by atoms with van der Waals surface area (Å²) in [6, 6.07) is 4.59. The van der Waals surface area contributed by atoms with Gasteiger partial charge in [-0.15, -0.1) is 12.4 Å². The third-order valence-electron chi connectivity index (χ3n) is 3.70. The van der Waals surface area contributed by atoms with E-state index in [0.717, 1.165) is 0 Å².